The average Bonchev–Trinajstić information content (AvgIpc) is 2.24. The van der Waals surface area contributed by atoms with Crippen LogP contribution in [0.5, 0.6) is 0 Å². The molecule has 15 heavy (non-hydrogen) atoms. The fraction of sp³-hybridized carbons (Fsp3) is 1.00. The third-order valence-corrected chi connectivity index (χ3v) is 4.83. The lowest BCUT2D eigenvalue weighted by Crippen LogP contribution is -2.44. The molecule has 0 aromatic rings. The van der Waals surface area contributed by atoms with E-state index in [0.29, 0.717) is 19.7 Å². The summed E-state index contributed by atoms with van der Waals surface area (Å²) < 4.78 is 16.3. The first-order chi connectivity index (χ1) is 6.74. The van der Waals surface area contributed by atoms with Crippen molar-refractivity contribution >= 4 is 21.2 Å². The Morgan fingerprint density at radius 3 is 1.93 bits per heavy atom. The van der Waals surface area contributed by atoms with Gasteiger partial charge in [-0.2, -0.15) is 0 Å². The molecule has 0 saturated heterocycles. The van der Waals surface area contributed by atoms with Crippen LogP contribution in [0, 0.1) is 0 Å². The molecule has 4 N–H and O–H groups in total. The SMILES string of the molecule is CO[Si](CCCN)(OC)OCCCN.Cl. The Hall–Kier alpha value is 0.307. The summed E-state index contributed by atoms with van der Waals surface area (Å²) in [5.41, 5.74) is 10.8. The van der Waals surface area contributed by atoms with Gasteiger partial charge >= 0.3 is 8.80 Å². The summed E-state index contributed by atoms with van der Waals surface area (Å²) in [6, 6.07) is 0.765. The molecule has 0 spiro atoms. The van der Waals surface area contributed by atoms with Crippen LogP contribution in [0.1, 0.15) is 12.8 Å². The lowest BCUT2D eigenvalue weighted by Gasteiger charge is -2.26. The van der Waals surface area contributed by atoms with E-state index in [4.69, 9.17) is 24.7 Å². The molecule has 94 valence electrons. The van der Waals surface area contributed by atoms with E-state index < -0.39 is 8.80 Å². The van der Waals surface area contributed by atoms with Crippen molar-refractivity contribution in [1.82, 2.24) is 0 Å². The van der Waals surface area contributed by atoms with Crippen LogP contribution < -0.4 is 11.5 Å². The molecule has 0 heterocycles. The lowest BCUT2D eigenvalue weighted by atomic mass is 10.5. The van der Waals surface area contributed by atoms with Crippen molar-refractivity contribution in [3.05, 3.63) is 0 Å². The summed E-state index contributed by atoms with van der Waals surface area (Å²) in [6.07, 6.45) is 1.68. The van der Waals surface area contributed by atoms with Gasteiger partial charge in [0.15, 0.2) is 0 Å². The summed E-state index contributed by atoms with van der Waals surface area (Å²) in [5.74, 6) is 0. The largest absolute Gasteiger partial charge is 0.500 e. The van der Waals surface area contributed by atoms with Gasteiger partial charge in [-0.15, -0.1) is 12.4 Å². The molecule has 0 rings (SSSR count). The summed E-state index contributed by atoms with van der Waals surface area (Å²) in [7, 11) is 0.802. The van der Waals surface area contributed by atoms with Crippen molar-refractivity contribution in [3.63, 3.8) is 0 Å². The second kappa shape index (κ2) is 10.8. The van der Waals surface area contributed by atoms with E-state index in [1.165, 1.54) is 0 Å². The number of nitrogens with two attached hydrogens (primary N) is 2. The van der Waals surface area contributed by atoms with Crippen molar-refractivity contribution in [1.29, 1.82) is 0 Å². The van der Waals surface area contributed by atoms with Gasteiger partial charge in [0.2, 0.25) is 0 Å². The van der Waals surface area contributed by atoms with Crippen LogP contribution in [0.15, 0.2) is 0 Å². The monoisotopic (exact) mass is 258 g/mol. The second-order valence-corrected chi connectivity index (χ2v) is 5.95. The zero-order chi connectivity index (χ0) is 10.9. The summed E-state index contributed by atoms with van der Waals surface area (Å²) in [4.78, 5) is 0. The van der Waals surface area contributed by atoms with Crippen molar-refractivity contribution in [2.45, 2.75) is 18.9 Å². The normalized spacial score (nSPS) is 11.2. The van der Waals surface area contributed by atoms with Crippen LogP contribution in [0.2, 0.25) is 6.04 Å². The van der Waals surface area contributed by atoms with E-state index >= 15 is 0 Å². The topological polar surface area (TPSA) is 79.7 Å². The second-order valence-electron chi connectivity index (χ2n) is 2.97. The molecule has 0 aliphatic rings. The molecule has 0 aliphatic heterocycles. The van der Waals surface area contributed by atoms with Gasteiger partial charge in [-0.05, 0) is 25.9 Å². The van der Waals surface area contributed by atoms with E-state index in [0.717, 1.165) is 18.9 Å². The van der Waals surface area contributed by atoms with Crippen molar-refractivity contribution in [2.24, 2.45) is 11.5 Å². The van der Waals surface area contributed by atoms with Gasteiger partial charge < -0.3 is 24.7 Å². The van der Waals surface area contributed by atoms with Crippen LogP contribution in [0.25, 0.3) is 0 Å². The molecule has 0 aromatic carbocycles. The number of hydrogen-bond acceptors (Lipinski definition) is 5. The minimum Gasteiger partial charge on any atom is -0.377 e. The highest BCUT2D eigenvalue weighted by molar-refractivity contribution is 6.60. The molecule has 0 amide bonds. The smallest absolute Gasteiger partial charge is 0.377 e. The van der Waals surface area contributed by atoms with Crippen molar-refractivity contribution in [3.8, 4) is 0 Å². The van der Waals surface area contributed by atoms with Gasteiger partial charge in [0.1, 0.15) is 0 Å². The molecule has 0 saturated carbocycles. The highest BCUT2D eigenvalue weighted by Gasteiger charge is 2.37. The lowest BCUT2D eigenvalue weighted by molar-refractivity contribution is 0.0973. The van der Waals surface area contributed by atoms with Gasteiger partial charge in [-0.25, -0.2) is 0 Å². The first kappa shape index (κ1) is 17.7. The predicted octanol–water partition coefficient (Wildman–Crippen LogP) is 0.354. The molecular weight excluding hydrogens is 236 g/mol. The van der Waals surface area contributed by atoms with Crippen molar-refractivity contribution < 1.29 is 13.3 Å². The Balaban J connectivity index is 0. The van der Waals surface area contributed by atoms with Gasteiger partial charge in [-0.3, -0.25) is 0 Å². The van der Waals surface area contributed by atoms with Gasteiger partial charge in [-0.1, -0.05) is 0 Å². The molecular formula is C8H23ClN2O3Si. The van der Waals surface area contributed by atoms with E-state index in [1.807, 2.05) is 0 Å². The number of halogens is 1. The quantitative estimate of drug-likeness (QED) is 0.461. The standard InChI is InChI=1S/C8H22N2O3Si.ClH/c1-11-14(12-2,8-4-6-10)13-7-3-5-9;/h3-10H2,1-2H3;1H. The zero-order valence-corrected chi connectivity index (χ0v) is 11.3. The number of rotatable bonds is 9. The first-order valence-corrected chi connectivity index (χ1v) is 6.82. The Bertz CT molecular complexity index is 139. The van der Waals surface area contributed by atoms with Gasteiger partial charge in [0.25, 0.3) is 0 Å². The minimum atomic E-state index is -2.44. The van der Waals surface area contributed by atoms with E-state index in [1.54, 1.807) is 14.2 Å². The molecule has 0 atom stereocenters. The highest BCUT2D eigenvalue weighted by atomic mass is 35.5. The maximum Gasteiger partial charge on any atom is 0.500 e. The van der Waals surface area contributed by atoms with E-state index in [2.05, 4.69) is 0 Å². The Labute approximate surface area is 99.2 Å². The van der Waals surface area contributed by atoms with E-state index in [-0.39, 0.29) is 12.4 Å². The summed E-state index contributed by atoms with van der Waals surface area (Å²) in [6.45, 7) is 1.84. The first-order valence-electron chi connectivity index (χ1n) is 4.89. The molecule has 0 bridgehead atoms. The Kier molecular flexibility index (Phi) is 12.8. The average molecular weight is 259 g/mol. The molecule has 0 aromatic heterocycles. The Morgan fingerprint density at radius 1 is 1.00 bits per heavy atom. The number of hydrogen-bond donors (Lipinski definition) is 2. The summed E-state index contributed by atoms with van der Waals surface area (Å²) in [5, 5.41) is 0. The van der Waals surface area contributed by atoms with Gasteiger partial charge in [0, 0.05) is 26.9 Å². The van der Waals surface area contributed by atoms with Crippen LogP contribution in [-0.4, -0.2) is 42.7 Å². The zero-order valence-electron chi connectivity index (χ0n) is 9.53. The minimum absolute atomic E-state index is 0. The highest BCUT2D eigenvalue weighted by Crippen LogP contribution is 2.15. The van der Waals surface area contributed by atoms with Crippen molar-refractivity contribution in [2.75, 3.05) is 33.9 Å². The fourth-order valence-corrected chi connectivity index (χ4v) is 3.15. The third-order valence-electron chi connectivity index (χ3n) is 1.98. The molecule has 7 heteroatoms. The Morgan fingerprint density at radius 2 is 1.53 bits per heavy atom. The predicted molar refractivity (Wildman–Crippen MR) is 65.1 cm³/mol. The van der Waals surface area contributed by atoms with E-state index in [9.17, 15) is 0 Å². The van der Waals surface area contributed by atoms with Crippen LogP contribution in [-0.2, 0) is 13.3 Å². The fourth-order valence-electron chi connectivity index (χ4n) is 1.11. The van der Waals surface area contributed by atoms with Gasteiger partial charge in [0.05, 0.1) is 0 Å². The van der Waals surface area contributed by atoms with Crippen LogP contribution in [0.4, 0.5) is 0 Å². The third kappa shape index (κ3) is 7.23. The van der Waals surface area contributed by atoms with Crippen LogP contribution in [0.3, 0.4) is 0 Å². The summed E-state index contributed by atoms with van der Waals surface area (Å²) >= 11 is 0. The van der Waals surface area contributed by atoms with Crippen LogP contribution >= 0.6 is 12.4 Å². The molecule has 0 unspecified atom stereocenters. The maximum atomic E-state index is 5.63. The molecule has 0 fully saturated rings. The molecule has 5 nitrogen and oxygen atoms in total. The molecule has 0 aliphatic carbocycles. The molecule has 0 radical (unpaired) electrons. The maximum absolute atomic E-state index is 5.63.